The first-order valence-electron chi connectivity index (χ1n) is 6.34. The second-order valence-electron chi connectivity index (χ2n) is 4.82. The molecule has 4 nitrogen and oxygen atoms in total. The van der Waals surface area contributed by atoms with E-state index in [0.29, 0.717) is 24.5 Å². The van der Waals surface area contributed by atoms with Crippen LogP contribution in [0.4, 0.5) is 0 Å². The van der Waals surface area contributed by atoms with Gasteiger partial charge in [-0.1, -0.05) is 23.7 Å². The summed E-state index contributed by atoms with van der Waals surface area (Å²) in [6, 6.07) is 7.59. The number of likely N-dealkylation sites (tertiary alicyclic amines) is 1. The predicted octanol–water partition coefficient (Wildman–Crippen LogP) is 1.62. The van der Waals surface area contributed by atoms with Gasteiger partial charge in [0.25, 0.3) is 0 Å². The van der Waals surface area contributed by atoms with Gasteiger partial charge in [0.1, 0.15) is 0 Å². The average molecular weight is 281 g/mol. The number of nitrogens with one attached hydrogen (secondary N) is 1. The molecule has 5 heteroatoms. The van der Waals surface area contributed by atoms with Gasteiger partial charge in [0.15, 0.2) is 0 Å². The Balaban J connectivity index is 1.86. The van der Waals surface area contributed by atoms with Crippen LogP contribution in [0.15, 0.2) is 24.3 Å². The molecule has 1 atom stereocenters. The molecule has 1 N–H and O–H groups in total. The maximum absolute atomic E-state index is 11.8. The van der Waals surface area contributed by atoms with Crippen LogP contribution < -0.4 is 5.32 Å². The third kappa shape index (κ3) is 3.96. The van der Waals surface area contributed by atoms with E-state index in [1.54, 1.807) is 4.90 Å². The summed E-state index contributed by atoms with van der Waals surface area (Å²) in [5.74, 6) is 0.00951. The highest BCUT2D eigenvalue weighted by Gasteiger charge is 2.29. The number of carbonyl (C=O) groups excluding carboxylic acids is 2. The summed E-state index contributed by atoms with van der Waals surface area (Å²) in [7, 11) is 0. The normalized spacial score (nSPS) is 18.7. The number of nitrogens with zero attached hydrogens (tertiary/aromatic N) is 1. The van der Waals surface area contributed by atoms with Crippen LogP contribution in [0.25, 0.3) is 0 Å². The molecule has 1 aromatic carbocycles. The van der Waals surface area contributed by atoms with E-state index in [9.17, 15) is 9.59 Å². The summed E-state index contributed by atoms with van der Waals surface area (Å²) in [5.41, 5.74) is 1.11. The van der Waals surface area contributed by atoms with Crippen molar-refractivity contribution in [1.29, 1.82) is 0 Å². The first kappa shape index (κ1) is 13.9. The number of hydrogen-bond donors (Lipinski definition) is 1. The quantitative estimate of drug-likeness (QED) is 0.911. The lowest BCUT2D eigenvalue weighted by Gasteiger charge is -2.16. The molecule has 0 bridgehead atoms. The molecule has 1 aromatic rings. The first-order valence-corrected chi connectivity index (χ1v) is 6.71. The Labute approximate surface area is 117 Å². The Kier molecular flexibility index (Phi) is 4.43. The van der Waals surface area contributed by atoms with E-state index in [0.717, 1.165) is 12.0 Å². The highest BCUT2D eigenvalue weighted by Crippen LogP contribution is 2.14. The number of amides is 2. The molecule has 19 heavy (non-hydrogen) atoms. The minimum atomic E-state index is -0.0884. The van der Waals surface area contributed by atoms with Crippen molar-refractivity contribution in [1.82, 2.24) is 10.2 Å². The van der Waals surface area contributed by atoms with Crippen LogP contribution in [-0.4, -0.2) is 35.8 Å². The topological polar surface area (TPSA) is 49.4 Å². The Morgan fingerprint density at radius 3 is 3.00 bits per heavy atom. The maximum Gasteiger partial charge on any atom is 0.224 e. The van der Waals surface area contributed by atoms with Crippen molar-refractivity contribution in [3.05, 3.63) is 34.9 Å². The molecule has 1 aliphatic rings. The summed E-state index contributed by atoms with van der Waals surface area (Å²) in [6.45, 7) is 2.73. The molecule has 2 rings (SSSR count). The molecular weight excluding hydrogens is 264 g/mol. The second-order valence-corrected chi connectivity index (χ2v) is 5.26. The van der Waals surface area contributed by atoms with E-state index < -0.39 is 0 Å². The molecule has 0 radical (unpaired) electrons. The minimum absolute atomic E-state index is 0.0515. The van der Waals surface area contributed by atoms with Crippen molar-refractivity contribution < 1.29 is 9.59 Å². The lowest BCUT2D eigenvalue weighted by atomic mass is 10.1. The van der Waals surface area contributed by atoms with Gasteiger partial charge in [-0.2, -0.15) is 0 Å². The first-order chi connectivity index (χ1) is 9.04. The van der Waals surface area contributed by atoms with Gasteiger partial charge in [-0.25, -0.2) is 0 Å². The second kappa shape index (κ2) is 6.06. The molecule has 0 spiro atoms. The van der Waals surface area contributed by atoms with Crippen LogP contribution in [0, 0.1) is 0 Å². The van der Waals surface area contributed by atoms with Gasteiger partial charge in [-0.15, -0.1) is 0 Å². The summed E-state index contributed by atoms with van der Waals surface area (Å²) in [6.07, 6.45) is 1.17. The number of benzene rings is 1. The predicted molar refractivity (Wildman–Crippen MR) is 74.0 cm³/mol. The molecule has 0 aromatic heterocycles. The monoisotopic (exact) mass is 280 g/mol. The van der Waals surface area contributed by atoms with Gasteiger partial charge < -0.3 is 10.2 Å². The summed E-state index contributed by atoms with van der Waals surface area (Å²) in [4.78, 5) is 24.6. The Morgan fingerprint density at radius 1 is 1.53 bits per heavy atom. The number of rotatable bonds is 4. The molecule has 0 saturated carbocycles. The maximum atomic E-state index is 11.8. The summed E-state index contributed by atoms with van der Waals surface area (Å²) >= 11 is 5.92. The van der Waals surface area contributed by atoms with Gasteiger partial charge in [0, 0.05) is 31.5 Å². The zero-order valence-corrected chi connectivity index (χ0v) is 11.6. The fourth-order valence-corrected chi connectivity index (χ4v) is 2.54. The van der Waals surface area contributed by atoms with E-state index in [-0.39, 0.29) is 17.9 Å². The van der Waals surface area contributed by atoms with Crippen molar-refractivity contribution in [2.45, 2.75) is 25.8 Å². The Hall–Kier alpha value is -1.55. The largest absolute Gasteiger partial charge is 0.351 e. The van der Waals surface area contributed by atoms with E-state index in [2.05, 4.69) is 5.32 Å². The van der Waals surface area contributed by atoms with E-state index in [1.807, 2.05) is 24.3 Å². The fraction of sp³-hybridized carbons (Fsp3) is 0.429. The molecule has 1 heterocycles. The lowest BCUT2D eigenvalue weighted by molar-refractivity contribution is -0.127. The molecule has 1 fully saturated rings. The molecule has 0 unspecified atom stereocenters. The minimum Gasteiger partial charge on any atom is -0.351 e. The van der Waals surface area contributed by atoms with E-state index in [1.165, 1.54) is 6.92 Å². The van der Waals surface area contributed by atoms with Gasteiger partial charge >= 0.3 is 0 Å². The van der Waals surface area contributed by atoms with Crippen molar-refractivity contribution in [2.24, 2.45) is 0 Å². The molecular formula is C14H17ClN2O2. The zero-order chi connectivity index (χ0) is 13.8. The number of halogens is 1. The molecule has 102 valence electrons. The van der Waals surface area contributed by atoms with Crippen LogP contribution in [0.5, 0.6) is 0 Å². The highest BCUT2D eigenvalue weighted by molar-refractivity contribution is 6.30. The fourth-order valence-electron chi connectivity index (χ4n) is 2.33. The van der Waals surface area contributed by atoms with Gasteiger partial charge in [0.2, 0.25) is 11.8 Å². The van der Waals surface area contributed by atoms with Crippen LogP contribution in [-0.2, 0) is 16.0 Å². The highest BCUT2D eigenvalue weighted by atomic mass is 35.5. The van der Waals surface area contributed by atoms with Crippen LogP contribution in [0.3, 0.4) is 0 Å². The van der Waals surface area contributed by atoms with Gasteiger partial charge in [-0.05, 0) is 24.1 Å². The van der Waals surface area contributed by atoms with Crippen molar-refractivity contribution in [2.75, 3.05) is 13.1 Å². The van der Waals surface area contributed by atoms with Crippen molar-refractivity contribution >= 4 is 23.4 Å². The molecule has 0 aliphatic carbocycles. The smallest absolute Gasteiger partial charge is 0.224 e. The number of carbonyl (C=O) groups is 2. The zero-order valence-electron chi connectivity index (χ0n) is 10.9. The van der Waals surface area contributed by atoms with E-state index in [4.69, 9.17) is 11.6 Å². The van der Waals surface area contributed by atoms with Crippen molar-refractivity contribution in [3.8, 4) is 0 Å². The van der Waals surface area contributed by atoms with Crippen LogP contribution in [0.2, 0.25) is 5.02 Å². The SMILES string of the molecule is CC(=O)N[C@@H]1CC(=O)N(CCc2cccc(Cl)c2)C1. The van der Waals surface area contributed by atoms with Crippen LogP contribution >= 0.6 is 11.6 Å². The number of hydrogen-bond acceptors (Lipinski definition) is 2. The standard InChI is InChI=1S/C14H17ClN2O2/c1-10(18)16-13-8-14(19)17(9-13)6-5-11-3-2-4-12(15)7-11/h2-4,7,13H,5-6,8-9H2,1H3,(H,16,18)/t13-/m1/s1. The Morgan fingerprint density at radius 2 is 2.32 bits per heavy atom. The third-order valence-electron chi connectivity index (χ3n) is 3.18. The summed E-state index contributed by atoms with van der Waals surface area (Å²) < 4.78 is 0. The molecule has 1 aliphatic heterocycles. The summed E-state index contributed by atoms with van der Waals surface area (Å²) in [5, 5.41) is 3.50. The molecule has 2 amide bonds. The lowest BCUT2D eigenvalue weighted by Crippen LogP contribution is -2.36. The van der Waals surface area contributed by atoms with Gasteiger partial charge in [-0.3, -0.25) is 9.59 Å². The third-order valence-corrected chi connectivity index (χ3v) is 3.42. The van der Waals surface area contributed by atoms with Crippen molar-refractivity contribution in [3.63, 3.8) is 0 Å². The average Bonchev–Trinajstić information content (AvgIpc) is 2.66. The van der Waals surface area contributed by atoms with Crippen LogP contribution in [0.1, 0.15) is 18.9 Å². The van der Waals surface area contributed by atoms with Gasteiger partial charge in [0.05, 0.1) is 6.04 Å². The van der Waals surface area contributed by atoms with E-state index >= 15 is 0 Å². The Bertz CT molecular complexity index is 490. The molecule has 1 saturated heterocycles.